The molecule has 3 nitrogen and oxygen atoms in total. The number of fused-ring (bicyclic) bond motifs is 5. The largest absolute Gasteiger partial charge is 0.456 e. The van der Waals surface area contributed by atoms with E-state index in [-0.39, 0.29) is 0 Å². The monoisotopic (exact) mass is 650 g/mol. The third-order valence-electron chi connectivity index (χ3n) is 9.85. The van der Waals surface area contributed by atoms with Gasteiger partial charge in [0.05, 0.1) is 11.4 Å². The van der Waals surface area contributed by atoms with E-state index in [9.17, 15) is 0 Å². The molecule has 0 spiro atoms. The first-order valence-electron chi connectivity index (χ1n) is 17.2. The van der Waals surface area contributed by atoms with Crippen LogP contribution >= 0.6 is 0 Å². The Hall–Kier alpha value is -6.84. The highest BCUT2D eigenvalue weighted by atomic mass is 16.3. The number of benzene rings is 8. The third kappa shape index (κ3) is 5.33. The van der Waals surface area contributed by atoms with Gasteiger partial charge in [0.2, 0.25) is 0 Å². The van der Waals surface area contributed by atoms with E-state index in [2.05, 4.69) is 158 Å². The Morgan fingerprint density at radius 2 is 0.804 bits per heavy atom. The summed E-state index contributed by atoms with van der Waals surface area (Å²) in [5.74, 6) is 0.687. The van der Waals surface area contributed by atoms with E-state index < -0.39 is 0 Å². The highest BCUT2D eigenvalue weighted by Crippen LogP contribution is 2.37. The molecule has 2 aromatic heterocycles. The molecule has 0 fully saturated rings. The Morgan fingerprint density at radius 1 is 0.294 bits per heavy atom. The topological polar surface area (TPSA) is 38.9 Å². The van der Waals surface area contributed by atoms with Gasteiger partial charge in [0.15, 0.2) is 5.82 Å². The normalized spacial score (nSPS) is 11.5. The van der Waals surface area contributed by atoms with Gasteiger partial charge in [-0.3, -0.25) is 0 Å². The van der Waals surface area contributed by atoms with Crippen LogP contribution in [-0.4, -0.2) is 9.97 Å². The van der Waals surface area contributed by atoms with Gasteiger partial charge in [-0.05, 0) is 92.3 Å². The number of aromatic nitrogens is 2. The van der Waals surface area contributed by atoms with Crippen LogP contribution in [0.5, 0.6) is 0 Å². The zero-order chi connectivity index (χ0) is 33.7. The number of furan rings is 1. The minimum absolute atomic E-state index is 0.687. The summed E-state index contributed by atoms with van der Waals surface area (Å²) in [5.41, 5.74) is 11.2. The molecule has 0 aliphatic heterocycles. The summed E-state index contributed by atoms with van der Waals surface area (Å²) in [6.45, 7) is 0. The molecule has 10 rings (SSSR count). The van der Waals surface area contributed by atoms with Gasteiger partial charge in [0, 0.05) is 27.5 Å². The van der Waals surface area contributed by atoms with Crippen LogP contribution in [-0.2, 0) is 0 Å². The van der Waals surface area contributed by atoms with E-state index in [4.69, 9.17) is 14.4 Å². The minimum atomic E-state index is 0.687. The Balaban J connectivity index is 1.06. The van der Waals surface area contributed by atoms with Crippen LogP contribution in [0.3, 0.4) is 0 Å². The van der Waals surface area contributed by atoms with Gasteiger partial charge in [-0.2, -0.15) is 0 Å². The van der Waals surface area contributed by atoms with E-state index in [0.29, 0.717) is 5.82 Å². The number of nitrogens with zero attached hydrogens (tertiary/aromatic N) is 2. The summed E-state index contributed by atoms with van der Waals surface area (Å²) in [7, 11) is 0. The summed E-state index contributed by atoms with van der Waals surface area (Å²) in [5, 5.41) is 7.01. The molecule has 0 aliphatic carbocycles. The van der Waals surface area contributed by atoms with Crippen LogP contribution in [0.25, 0.3) is 99.6 Å². The fourth-order valence-electron chi connectivity index (χ4n) is 7.16. The maximum atomic E-state index is 6.45. The number of hydrogen-bond donors (Lipinski definition) is 0. The quantitative estimate of drug-likeness (QED) is 0.186. The number of hydrogen-bond acceptors (Lipinski definition) is 3. The molecule has 0 unspecified atom stereocenters. The predicted molar refractivity (Wildman–Crippen MR) is 212 cm³/mol. The Morgan fingerprint density at radius 3 is 1.55 bits per heavy atom. The second-order valence-corrected chi connectivity index (χ2v) is 13.1. The molecule has 51 heavy (non-hydrogen) atoms. The van der Waals surface area contributed by atoms with Crippen LogP contribution in [0.2, 0.25) is 0 Å². The highest BCUT2D eigenvalue weighted by Gasteiger charge is 2.15. The molecular weight excluding hydrogens is 621 g/mol. The van der Waals surface area contributed by atoms with Crippen LogP contribution in [0.15, 0.2) is 186 Å². The van der Waals surface area contributed by atoms with Crippen molar-refractivity contribution in [2.75, 3.05) is 0 Å². The molecule has 0 bridgehead atoms. The van der Waals surface area contributed by atoms with Crippen molar-refractivity contribution in [3.63, 3.8) is 0 Å². The van der Waals surface area contributed by atoms with Crippen LogP contribution < -0.4 is 0 Å². The van der Waals surface area contributed by atoms with Crippen molar-refractivity contribution in [3.8, 4) is 56.2 Å². The molecule has 238 valence electrons. The van der Waals surface area contributed by atoms with Crippen molar-refractivity contribution in [3.05, 3.63) is 182 Å². The van der Waals surface area contributed by atoms with Gasteiger partial charge in [0.25, 0.3) is 0 Å². The zero-order valence-electron chi connectivity index (χ0n) is 27.6. The van der Waals surface area contributed by atoms with Crippen LogP contribution in [0, 0.1) is 0 Å². The molecule has 0 radical (unpaired) electrons. The predicted octanol–water partition coefficient (Wildman–Crippen LogP) is 13.0. The lowest BCUT2D eigenvalue weighted by atomic mass is 9.98. The molecule has 0 saturated carbocycles. The summed E-state index contributed by atoms with van der Waals surface area (Å²) < 4.78 is 6.45. The van der Waals surface area contributed by atoms with Gasteiger partial charge in [-0.1, -0.05) is 133 Å². The van der Waals surface area contributed by atoms with E-state index in [1.165, 1.54) is 43.8 Å². The van der Waals surface area contributed by atoms with Crippen molar-refractivity contribution >= 4 is 43.5 Å². The summed E-state index contributed by atoms with van der Waals surface area (Å²) in [6, 6.07) is 64.0. The lowest BCUT2D eigenvalue weighted by molar-refractivity contribution is 0.669. The molecule has 10 aromatic rings. The van der Waals surface area contributed by atoms with E-state index in [1.807, 2.05) is 24.3 Å². The van der Waals surface area contributed by atoms with Crippen molar-refractivity contribution in [2.45, 2.75) is 0 Å². The van der Waals surface area contributed by atoms with Gasteiger partial charge < -0.3 is 4.42 Å². The molecule has 0 amide bonds. The molecule has 0 atom stereocenters. The Kier molecular flexibility index (Phi) is 6.81. The Labute approximate surface area is 295 Å². The highest BCUT2D eigenvalue weighted by molar-refractivity contribution is 6.07. The van der Waals surface area contributed by atoms with Crippen LogP contribution in [0.1, 0.15) is 0 Å². The van der Waals surface area contributed by atoms with Crippen LogP contribution in [0.4, 0.5) is 0 Å². The minimum Gasteiger partial charge on any atom is -0.456 e. The van der Waals surface area contributed by atoms with E-state index >= 15 is 0 Å². The van der Waals surface area contributed by atoms with Gasteiger partial charge in [-0.15, -0.1) is 0 Å². The second-order valence-electron chi connectivity index (χ2n) is 13.1. The third-order valence-corrected chi connectivity index (χ3v) is 9.85. The summed E-state index contributed by atoms with van der Waals surface area (Å²) in [6.07, 6.45) is 0. The molecule has 0 saturated heterocycles. The first kappa shape index (κ1) is 29.1. The average molecular weight is 651 g/mol. The van der Waals surface area contributed by atoms with Gasteiger partial charge >= 0.3 is 0 Å². The second kappa shape index (κ2) is 11.9. The molecule has 0 aliphatic rings. The zero-order valence-corrected chi connectivity index (χ0v) is 27.6. The molecule has 3 heteroatoms. The van der Waals surface area contributed by atoms with E-state index in [0.717, 1.165) is 50.0 Å². The fraction of sp³-hybridized carbons (Fsp3) is 0. The van der Waals surface area contributed by atoms with Crippen molar-refractivity contribution in [2.24, 2.45) is 0 Å². The lowest BCUT2D eigenvalue weighted by Gasteiger charge is -2.11. The average Bonchev–Trinajstić information content (AvgIpc) is 3.58. The lowest BCUT2D eigenvalue weighted by Crippen LogP contribution is -1.96. The Bertz CT molecular complexity index is 2910. The first-order chi connectivity index (χ1) is 25.2. The molecule has 0 N–H and O–H groups in total. The summed E-state index contributed by atoms with van der Waals surface area (Å²) >= 11 is 0. The van der Waals surface area contributed by atoms with E-state index in [1.54, 1.807) is 0 Å². The molecule has 2 heterocycles. The molecule has 8 aromatic carbocycles. The number of rotatable bonds is 5. The first-order valence-corrected chi connectivity index (χ1v) is 17.2. The summed E-state index contributed by atoms with van der Waals surface area (Å²) in [4.78, 5) is 10.2. The van der Waals surface area contributed by atoms with Gasteiger partial charge in [-0.25, -0.2) is 9.97 Å². The van der Waals surface area contributed by atoms with Crippen molar-refractivity contribution < 1.29 is 4.42 Å². The van der Waals surface area contributed by atoms with Crippen molar-refractivity contribution in [1.82, 2.24) is 9.97 Å². The standard InChI is InChI=1S/C48H30N2O/c1-3-9-31(10-4-1)35-17-18-38-27-40(20-19-36(38)26-35)44-30-45(50-48(49-44)33-12-5-2-6-13-33)41-21-23-42-43-28-39(22-24-46(43)51-47(42)29-41)37-16-15-32-11-7-8-14-34(32)25-37/h1-30H. The maximum absolute atomic E-state index is 6.45. The SMILES string of the molecule is c1ccc(-c2ccc3cc(-c4cc(-c5ccc6c(c5)oc5ccc(-c7ccc8ccccc8c7)cc56)nc(-c5ccccc5)n4)ccc3c2)cc1. The smallest absolute Gasteiger partial charge is 0.160 e. The molecular formula is C48H30N2O. The van der Waals surface area contributed by atoms with Gasteiger partial charge in [0.1, 0.15) is 11.2 Å². The fourth-order valence-corrected chi connectivity index (χ4v) is 7.16. The maximum Gasteiger partial charge on any atom is 0.160 e. The van der Waals surface area contributed by atoms with Crippen molar-refractivity contribution in [1.29, 1.82) is 0 Å².